The van der Waals surface area contributed by atoms with Gasteiger partial charge in [-0.25, -0.2) is 4.39 Å². The Kier molecular flexibility index (Phi) is 7.03. The lowest BCUT2D eigenvalue weighted by Crippen LogP contribution is -2.38. The van der Waals surface area contributed by atoms with Crippen molar-refractivity contribution in [2.75, 3.05) is 26.7 Å². The van der Waals surface area contributed by atoms with Gasteiger partial charge in [-0.05, 0) is 41.3 Å². The number of hydrogen-bond donors (Lipinski definition) is 1. The average molecular weight is 447 g/mol. The van der Waals surface area contributed by atoms with Gasteiger partial charge in [0, 0.05) is 25.2 Å². The van der Waals surface area contributed by atoms with Crippen LogP contribution in [-0.4, -0.2) is 43.5 Å². The molecule has 0 aromatic heterocycles. The van der Waals surface area contributed by atoms with Crippen LogP contribution >= 0.6 is 0 Å². The normalized spacial score (nSPS) is 16.1. The fourth-order valence-electron chi connectivity index (χ4n) is 4.11. The minimum atomic E-state index is -0.341. The molecule has 33 heavy (non-hydrogen) atoms. The SMILES string of the molecule is COc1ccc(CC(=O)N2CCNC(=O)[C@@H](Cc3ccc(-c4ccccc4F)cc3)C2)cc1. The van der Waals surface area contributed by atoms with Crippen LogP contribution in [0, 0.1) is 11.7 Å². The summed E-state index contributed by atoms with van der Waals surface area (Å²) in [5.74, 6) is 0.0902. The van der Waals surface area contributed by atoms with Gasteiger partial charge in [0.15, 0.2) is 0 Å². The predicted molar refractivity (Wildman–Crippen MR) is 125 cm³/mol. The summed E-state index contributed by atoms with van der Waals surface area (Å²) < 4.78 is 19.2. The Morgan fingerprint density at radius 2 is 1.73 bits per heavy atom. The summed E-state index contributed by atoms with van der Waals surface area (Å²) in [6.45, 7) is 1.30. The molecule has 4 rings (SSSR count). The maximum Gasteiger partial charge on any atom is 0.227 e. The number of halogens is 1. The summed E-state index contributed by atoms with van der Waals surface area (Å²) in [7, 11) is 1.61. The Morgan fingerprint density at radius 1 is 1.03 bits per heavy atom. The first-order valence-electron chi connectivity index (χ1n) is 11.1. The Morgan fingerprint density at radius 3 is 2.42 bits per heavy atom. The third kappa shape index (κ3) is 5.58. The van der Waals surface area contributed by atoms with Gasteiger partial charge in [0.25, 0.3) is 0 Å². The van der Waals surface area contributed by atoms with Gasteiger partial charge >= 0.3 is 0 Å². The van der Waals surface area contributed by atoms with E-state index in [0.717, 1.165) is 22.4 Å². The first-order chi connectivity index (χ1) is 16.0. The summed E-state index contributed by atoms with van der Waals surface area (Å²) in [4.78, 5) is 27.3. The Hall–Kier alpha value is -3.67. The number of amides is 2. The van der Waals surface area contributed by atoms with Crippen molar-refractivity contribution in [3.63, 3.8) is 0 Å². The molecule has 0 saturated carbocycles. The van der Waals surface area contributed by atoms with E-state index < -0.39 is 0 Å². The zero-order valence-electron chi connectivity index (χ0n) is 18.6. The van der Waals surface area contributed by atoms with Crippen molar-refractivity contribution in [3.8, 4) is 16.9 Å². The molecule has 3 aromatic carbocycles. The second-order valence-electron chi connectivity index (χ2n) is 8.23. The minimum absolute atomic E-state index is 0.00318. The highest BCUT2D eigenvalue weighted by molar-refractivity contribution is 5.83. The maximum absolute atomic E-state index is 14.1. The second-order valence-corrected chi connectivity index (χ2v) is 8.23. The lowest BCUT2D eigenvalue weighted by molar-refractivity contribution is -0.131. The average Bonchev–Trinajstić information content (AvgIpc) is 3.02. The number of carbonyl (C=O) groups is 2. The number of nitrogens with one attached hydrogen (secondary N) is 1. The fourth-order valence-corrected chi connectivity index (χ4v) is 4.11. The van der Waals surface area contributed by atoms with Crippen LogP contribution in [0.15, 0.2) is 72.8 Å². The Bertz CT molecular complexity index is 1110. The van der Waals surface area contributed by atoms with E-state index in [9.17, 15) is 14.0 Å². The molecule has 1 heterocycles. The molecule has 0 unspecified atom stereocenters. The van der Waals surface area contributed by atoms with Gasteiger partial charge in [-0.2, -0.15) is 0 Å². The largest absolute Gasteiger partial charge is 0.497 e. The number of hydrogen-bond acceptors (Lipinski definition) is 3. The summed E-state index contributed by atoms with van der Waals surface area (Å²) in [5.41, 5.74) is 3.22. The van der Waals surface area contributed by atoms with E-state index in [1.807, 2.05) is 48.5 Å². The molecule has 0 spiro atoms. The van der Waals surface area contributed by atoms with Gasteiger partial charge in [0.1, 0.15) is 11.6 Å². The molecule has 0 bridgehead atoms. The number of rotatable bonds is 6. The smallest absolute Gasteiger partial charge is 0.227 e. The fraction of sp³-hybridized carbons (Fsp3) is 0.259. The molecule has 1 fully saturated rings. The van der Waals surface area contributed by atoms with Gasteiger partial charge in [0.2, 0.25) is 11.8 Å². The Balaban J connectivity index is 1.42. The van der Waals surface area contributed by atoms with Crippen molar-refractivity contribution in [2.24, 2.45) is 5.92 Å². The van der Waals surface area contributed by atoms with E-state index in [0.29, 0.717) is 31.6 Å². The van der Waals surface area contributed by atoms with Gasteiger partial charge in [-0.15, -0.1) is 0 Å². The zero-order valence-corrected chi connectivity index (χ0v) is 18.6. The molecule has 3 aromatic rings. The molecule has 6 heteroatoms. The van der Waals surface area contributed by atoms with Crippen LogP contribution in [-0.2, 0) is 22.4 Å². The van der Waals surface area contributed by atoms with E-state index in [2.05, 4.69) is 5.32 Å². The summed E-state index contributed by atoms with van der Waals surface area (Å²) in [5, 5.41) is 2.92. The summed E-state index contributed by atoms with van der Waals surface area (Å²) in [6, 6.07) is 21.7. The third-order valence-corrected chi connectivity index (χ3v) is 5.98. The predicted octanol–water partition coefficient (Wildman–Crippen LogP) is 3.86. The van der Waals surface area contributed by atoms with Gasteiger partial charge in [0.05, 0.1) is 19.4 Å². The number of methoxy groups -OCH3 is 1. The highest BCUT2D eigenvalue weighted by Crippen LogP contribution is 2.24. The molecule has 0 radical (unpaired) electrons. The van der Waals surface area contributed by atoms with Crippen LogP contribution in [0.25, 0.3) is 11.1 Å². The van der Waals surface area contributed by atoms with Crippen LogP contribution in [0.4, 0.5) is 4.39 Å². The van der Waals surface area contributed by atoms with Crippen LogP contribution in [0.3, 0.4) is 0 Å². The zero-order chi connectivity index (χ0) is 23.2. The van der Waals surface area contributed by atoms with E-state index in [-0.39, 0.29) is 30.0 Å². The topological polar surface area (TPSA) is 58.6 Å². The van der Waals surface area contributed by atoms with E-state index in [1.165, 1.54) is 6.07 Å². The lowest BCUT2D eigenvalue weighted by Gasteiger charge is -2.23. The molecule has 0 aliphatic carbocycles. The number of nitrogens with zero attached hydrogens (tertiary/aromatic N) is 1. The van der Waals surface area contributed by atoms with Crippen molar-refractivity contribution in [1.29, 1.82) is 0 Å². The van der Waals surface area contributed by atoms with Crippen molar-refractivity contribution >= 4 is 11.8 Å². The molecule has 170 valence electrons. The maximum atomic E-state index is 14.1. The molecule has 1 N–H and O–H groups in total. The summed E-state index contributed by atoms with van der Waals surface area (Å²) in [6.07, 6.45) is 0.790. The molecule has 2 amide bonds. The van der Waals surface area contributed by atoms with Crippen LogP contribution in [0.1, 0.15) is 11.1 Å². The molecule has 1 aliphatic rings. The van der Waals surface area contributed by atoms with Crippen LogP contribution in [0.2, 0.25) is 0 Å². The molecule has 1 aliphatic heterocycles. The molecular formula is C27H27FN2O3. The number of carbonyl (C=O) groups excluding carboxylic acids is 2. The van der Waals surface area contributed by atoms with E-state index >= 15 is 0 Å². The van der Waals surface area contributed by atoms with Crippen molar-refractivity contribution in [2.45, 2.75) is 12.8 Å². The van der Waals surface area contributed by atoms with Gasteiger partial charge < -0.3 is 15.0 Å². The van der Waals surface area contributed by atoms with Gasteiger partial charge in [-0.1, -0.05) is 54.6 Å². The van der Waals surface area contributed by atoms with Crippen molar-refractivity contribution < 1.29 is 18.7 Å². The standard InChI is InChI=1S/C27H27FN2O3/c1-33-23-12-8-20(9-13-23)17-26(31)30-15-14-29-27(32)22(18-30)16-19-6-10-21(11-7-19)24-4-2-3-5-25(24)28/h2-13,22H,14-18H2,1H3,(H,29,32)/t22-/m0/s1. The van der Waals surface area contributed by atoms with Crippen LogP contribution in [0.5, 0.6) is 5.75 Å². The third-order valence-electron chi connectivity index (χ3n) is 5.98. The highest BCUT2D eigenvalue weighted by Gasteiger charge is 2.27. The van der Waals surface area contributed by atoms with E-state index in [1.54, 1.807) is 30.2 Å². The van der Waals surface area contributed by atoms with Crippen LogP contribution < -0.4 is 10.1 Å². The van der Waals surface area contributed by atoms with Gasteiger partial charge in [-0.3, -0.25) is 9.59 Å². The quantitative estimate of drug-likeness (QED) is 0.626. The first-order valence-corrected chi connectivity index (χ1v) is 11.1. The second kappa shape index (κ2) is 10.3. The van der Waals surface area contributed by atoms with Crippen molar-refractivity contribution in [3.05, 3.63) is 89.7 Å². The molecular weight excluding hydrogens is 419 g/mol. The highest BCUT2D eigenvalue weighted by atomic mass is 19.1. The van der Waals surface area contributed by atoms with Crippen molar-refractivity contribution in [1.82, 2.24) is 10.2 Å². The first kappa shape index (κ1) is 22.5. The molecule has 5 nitrogen and oxygen atoms in total. The summed E-state index contributed by atoms with van der Waals surface area (Å²) >= 11 is 0. The molecule has 1 atom stereocenters. The minimum Gasteiger partial charge on any atom is -0.497 e. The lowest BCUT2D eigenvalue weighted by atomic mass is 9.95. The number of ether oxygens (including phenoxy) is 1. The van der Waals surface area contributed by atoms with E-state index in [4.69, 9.17) is 4.74 Å². The monoisotopic (exact) mass is 446 g/mol. The number of benzene rings is 3. The Labute approximate surface area is 193 Å². The molecule has 1 saturated heterocycles.